The molecule has 182 valence electrons. The summed E-state index contributed by atoms with van der Waals surface area (Å²) < 4.78 is 0. The van der Waals surface area contributed by atoms with Crippen LogP contribution in [0.4, 0.5) is 5.69 Å². The molecule has 3 N–H and O–H groups in total. The SMILES string of the molecule is CC(C)(C)c1ccc(NC(=O)c2cccnc2SC(NC(=O)CNC2CC2)c2ccncc2)cc1. The van der Waals surface area contributed by atoms with E-state index in [1.54, 1.807) is 30.7 Å². The van der Waals surface area contributed by atoms with Crippen molar-refractivity contribution in [3.63, 3.8) is 0 Å². The molecule has 0 aliphatic heterocycles. The third-order valence-electron chi connectivity index (χ3n) is 5.68. The van der Waals surface area contributed by atoms with Crippen molar-refractivity contribution in [3.8, 4) is 0 Å². The number of thioether (sulfide) groups is 1. The van der Waals surface area contributed by atoms with Crippen LogP contribution in [0.5, 0.6) is 0 Å². The van der Waals surface area contributed by atoms with Gasteiger partial charge in [-0.1, -0.05) is 44.7 Å². The molecule has 2 heterocycles. The molecule has 2 aromatic heterocycles. The standard InChI is InChI=1S/C27H31N5O2S/c1-27(2,3)19-6-8-21(9-7-19)31-24(34)22-5-4-14-29-26(22)35-25(18-12-15-28-16-13-18)32-23(33)17-30-20-10-11-20/h4-9,12-16,20,25,30H,10-11,17H2,1-3H3,(H,31,34)(H,32,33). The van der Waals surface area contributed by atoms with Crippen molar-refractivity contribution < 1.29 is 9.59 Å². The Balaban J connectivity index is 1.50. The molecule has 1 aliphatic rings. The molecular weight excluding hydrogens is 458 g/mol. The highest BCUT2D eigenvalue weighted by Gasteiger charge is 2.24. The van der Waals surface area contributed by atoms with Crippen molar-refractivity contribution in [1.82, 2.24) is 20.6 Å². The van der Waals surface area contributed by atoms with Gasteiger partial charge in [0.15, 0.2) is 0 Å². The number of amides is 2. The van der Waals surface area contributed by atoms with Gasteiger partial charge in [0.1, 0.15) is 10.4 Å². The molecule has 0 spiro atoms. The Morgan fingerprint density at radius 2 is 1.74 bits per heavy atom. The molecule has 0 saturated heterocycles. The number of nitrogens with zero attached hydrogens (tertiary/aromatic N) is 2. The van der Waals surface area contributed by atoms with E-state index in [9.17, 15) is 9.59 Å². The molecule has 1 aromatic carbocycles. The first kappa shape index (κ1) is 24.9. The van der Waals surface area contributed by atoms with Gasteiger partial charge in [-0.2, -0.15) is 0 Å². The minimum absolute atomic E-state index is 0.0380. The van der Waals surface area contributed by atoms with E-state index in [1.807, 2.05) is 36.4 Å². The van der Waals surface area contributed by atoms with Crippen LogP contribution in [0.25, 0.3) is 0 Å². The fourth-order valence-electron chi connectivity index (χ4n) is 3.46. The van der Waals surface area contributed by atoms with Gasteiger partial charge in [-0.3, -0.25) is 14.6 Å². The summed E-state index contributed by atoms with van der Waals surface area (Å²) >= 11 is 1.33. The van der Waals surface area contributed by atoms with E-state index in [4.69, 9.17) is 0 Å². The van der Waals surface area contributed by atoms with Crippen molar-refractivity contribution in [3.05, 3.63) is 83.8 Å². The number of aromatic nitrogens is 2. The zero-order valence-corrected chi connectivity index (χ0v) is 21.1. The number of nitrogens with one attached hydrogen (secondary N) is 3. The molecule has 0 bridgehead atoms. The monoisotopic (exact) mass is 489 g/mol. The maximum absolute atomic E-state index is 13.2. The number of carbonyl (C=O) groups excluding carboxylic acids is 2. The molecule has 7 nitrogen and oxygen atoms in total. The largest absolute Gasteiger partial charge is 0.339 e. The van der Waals surface area contributed by atoms with Crippen LogP contribution in [-0.4, -0.2) is 34.4 Å². The normalized spacial score (nSPS) is 14.3. The predicted octanol–water partition coefficient (Wildman–Crippen LogP) is 4.69. The Morgan fingerprint density at radius 3 is 2.40 bits per heavy atom. The lowest BCUT2D eigenvalue weighted by molar-refractivity contribution is -0.120. The Kier molecular flexibility index (Phi) is 7.83. The summed E-state index contributed by atoms with van der Waals surface area (Å²) in [5, 5.41) is 9.39. The maximum Gasteiger partial charge on any atom is 0.258 e. The summed E-state index contributed by atoms with van der Waals surface area (Å²) in [6, 6.07) is 15.5. The summed E-state index contributed by atoms with van der Waals surface area (Å²) in [5.74, 6) is -0.355. The Labute approximate surface area is 210 Å². The summed E-state index contributed by atoms with van der Waals surface area (Å²) in [6.45, 7) is 6.71. The van der Waals surface area contributed by atoms with Gasteiger partial charge in [-0.25, -0.2) is 4.98 Å². The molecule has 4 rings (SSSR count). The van der Waals surface area contributed by atoms with E-state index < -0.39 is 5.37 Å². The molecule has 1 atom stereocenters. The smallest absolute Gasteiger partial charge is 0.258 e. The van der Waals surface area contributed by atoms with Crippen LogP contribution in [0.15, 0.2) is 72.1 Å². The lowest BCUT2D eigenvalue weighted by Crippen LogP contribution is -2.36. The van der Waals surface area contributed by atoms with Crippen LogP contribution in [-0.2, 0) is 10.2 Å². The summed E-state index contributed by atoms with van der Waals surface area (Å²) in [6.07, 6.45) is 7.25. The van der Waals surface area contributed by atoms with Crippen LogP contribution >= 0.6 is 11.8 Å². The van der Waals surface area contributed by atoms with Gasteiger partial charge >= 0.3 is 0 Å². The average Bonchev–Trinajstić information content (AvgIpc) is 3.68. The fourth-order valence-corrected chi connectivity index (χ4v) is 4.58. The third kappa shape index (κ3) is 7.13. The van der Waals surface area contributed by atoms with Gasteiger partial charge in [0.05, 0.1) is 12.1 Å². The fraction of sp³-hybridized carbons (Fsp3) is 0.333. The molecule has 1 unspecified atom stereocenters. The summed E-state index contributed by atoms with van der Waals surface area (Å²) in [5.41, 5.74) is 3.27. The van der Waals surface area contributed by atoms with Crippen LogP contribution in [0.3, 0.4) is 0 Å². The molecule has 8 heteroatoms. The second-order valence-corrected chi connectivity index (χ2v) is 10.7. The highest BCUT2D eigenvalue weighted by molar-refractivity contribution is 7.99. The van der Waals surface area contributed by atoms with Crippen molar-refractivity contribution in [2.24, 2.45) is 0 Å². The molecule has 0 radical (unpaired) electrons. The highest BCUT2D eigenvalue weighted by atomic mass is 32.2. The average molecular weight is 490 g/mol. The molecule has 1 saturated carbocycles. The molecule has 3 aromatic rings. The highest BCUT2D eigenvalue weighted by Crippen LogP contribution is 2.34. The van der Waals surface area contributed by atoms with Gasteiger partial charge in [-0.15, -0.1) is 0 Å². The molecule has 2 amide bonds. The topological polar surface area (TPSA) is 96.0 Å². The number of hydrogen-bond donors (Lipinski definition) is 3. The third-order valence-corrected chi connectivity index (χ3v) is 6.86. The van der Waals surface area contributed by atoms with Gasteiger partial charge < -0.3 is 16.0 Å². The number of pyridine rings is 2. The van der Waals surface area contributed by atoms with Crippen molar-refractivity contribution in [1.29, 1.82) is 0 Å². The van der Waals surface area contributed by atoms with Crippen LogP contribution in [0.2, 0.25) is 0 Å². The van der Waals surface area contributed by atoms with Gasteiger partial charge in [0, 0.05) is 30.3 Å². The maximum atomic E-state index is 13.2. The molecule has 35 heavy (non-hydrogen) atoms. The summed E-state index contributed by atoms with van der Waals surface area (Å²) in [7, 11) is 0. The van der Waals surface area contributed by atoms with Crippen molar-refractivity contribution in [2.75, 3.05) is 11.9 Å². The van der Waals surface area contributed by atoms with E-state index >= 15 is 0 Å². The zero-order valence-electron chi connectivity index (χ0n) is 20.2. The first-order valence-corrected chi connectivity index (χ1v) is 12.6. The minimum atomic E-state index is -0.418. The molecular formula is C27H31N5O2S. The quantitative estimate of drug-likeness (QED) is 0.298. The second kappa shape index (κ2) is 11.0. The number of carbonyl (C=O) groups is 2. The number of rotatable bonds is 9. The zero-order chi connectivity index (χ0) is 24.8. The van der Waals surface area contributed by atoms with Crippen LogP contribution in [0.1, 0.15) is 60.5 Å². The Hall–Kier alpha value is -3.23. The molecule has 1 aliphatic carbocycles. The first-order valence-electron chi connectivity index (χ1n) is 11.8. The van der Waals surface area contributed by atoms with Crippen LogP contribution < -0.4 is 16.0 Å². The first-order chi connectivity index (χ1) is 16.8. The lowest BCUT2D eigenvalue weighted by atomic mass is 9.87. The minimum Gasteiger partial charge on any atom is -0.339 e. The number of anilines is 1. The second-order valence-electron chi connectivity index (χ2n) is 9.64. The van der Waals surface area contributed by atoms with E-state index in [0.717, 1.165) is 18.4 Å². The van der Waals surface area contributed by atoms with Crippen LogP contribution in [0, 0.1) is 0 Å². The van der Waals surface area contributed by atoms with E-state index in [0.29, 0.717) is 22.3 Å². The lowest BCUT2D eigenvalue weighted by Gasteiger charge is -2.20. The predicted molar refractivity (Wildman–Crippen MR) is 139 cm³/mol. The Bertz CT molecular complexity index is 1160. The summed E-state index contributed by atoms with van der Waals surface area (Å²) in [4.78, 5) is 34.3. The molecule has 1 fully saturated rings. The van der Waals surface area contributed by atoms with Gasteiger partial charge in [0.25, 0.3) is 5.91 Å². The van der Waals surface area contributed by atoms with Gasteiger partial charge in [-0.05, 0) is 65.8 Å². The van der Waals surface area contributed by atoms with Gasteiger partial charge in [0.2, 0.25) is 5.91 Å². The number of benzene rings is 1. The van der Waals surface area contributed by atoms with E-state index in [2.05, 4.69) is 46.7 Å². The van der Waals surface area contributed by atoms with E-state index in [1.165, 1.54) is 17.3 Å². The van der Waals surface area contributed by atoms with Crippen molar-refractivity contribution in [2.45, 2.75) is 55.5 Å². The Morgan fingerprint density at radius 1 is 1.03 bits per heavy atom. The number of hydrogen-bond acceptors (Lipinski definition) is 6. The van der Waals surface area contributed by atoms with E-state index in [-0.39, 0.29) is 23.8 Å². The van der Waals surface area contributed by atoms with Crippen molar-refractivity contribution >= 4 is 29.3 Å².